The number of anilines is 1. The number of piperazine rings is 1. The summed E-state index contributed by atoms with van der Waals surface area (Å²) in [6, 6.07) is 14.1. The maximum absolute atomic E-state index is 13.5. The third-order valence-corrected chi connectivity index (χ3v) is 5.67. The highest BCUT2D eigenvalue weighted by molar-refractivity contribution is 6.47. The van der Waals surface area contributed by atoms with E-state index in [0.717, 1.165) is 13.1 Å². The van der Waals surface area contributed by atoms with Crippen molar-refractivity contribution in [2.45, 2.75) is 0 Å². The zero-order valence-corrected chi connectivity index (χ0v) is 17.1. The van der Waals surface area contributed by atoms with Crippen molar-refractivity contribution in [1.29, 1.82) is 0 Å². The van der Waals surface area contributed by atoms with E-state index in [9.17, 15) is 9.59 Å². The number of imide groups is 1. The van der Waals surface area contributed by atoms with Crippen LogP contribution in [0.25, 0.3) is 5.57 Å². The van der Waals surface area contributed by atoms with E-state index in [1.807, 2.05) is 24.1 Å². The molecule has 0 aliphatic carbocycles. The van der Waals surface area contributed by atoms with Gasteiger partial charge in [-0.25, -0.2) is 4.90 Å². The minimum atomic E-state index is -0.359. The molecule has 2 amide bonds. The van der Waals surface area contributed by atoms with Gasteiger partial charge in [-0.15, -0.1) is 0 Å². The van der Waals surface area contributed by atoms with Gasteiger partial charge in [0.15, 0.2) is 0 Å². The van der Waals surface area contributed by atoms with Crippen LogP contribution < -0.4 is 9.64 Å². The number of nitrogens with zero attached hydrogens (tertiary/aromatic N) is 3. The molecule has 150 valence electrons. The normalized spacial score (nSPS) is 18.0. The Kier molecular flexibility index (Phi) is 5.30. The Bertz CT molecular complexity index is 979. The van der Waals surface area contributed by atoms with Crippen molar-refractivity contribution in [3.63, 3.8) is 0 Å². The minimum Gasteiger partial charge on any atom is -0.497 e. The summed E-state index contributed by atoms with van der Waals surface area (Å²) in [5.74, 6) is -0.00380. The van der Waals surface area contributed by atoms with E-state index < -0.39 is 0 Å². The summed E-state index contributed by atoms with van der Waals surface area (Å²) in [6.07, 6.45) is 0. The van der Waals surface area contributed by atoms with Crippen LogP contribution in [-0.4, -0.2) is 62.0 Å². The molecule has 2 aromatic carbocycles. The lowest BCUT2D eigenvalue weighted by Crippen LogP contribution is -2.46. The van der Waals surface area contributed by atoms with E-state index in [1.165, 1.54) is 4.90 Å². The molecule has 4 rings (SSSR count). The van der Waals surface area contributed by atoms with Crippen LogP contribution in [0.3, 0.4) is 0 Å². The first-order valence-electron chi connectivity index (χ1n) is 9.46. The summed E-state index contributed by atoms with van der Waals surface area (Å²) in [5.41, 5.74) is 1.93. The molecule has 0 radical (unpaired) electrons. The van der Waals surface area contributed by atoms with Gasteiger partial charge in [-0.1, -0.05) is 35.9 Å². The van der Waals surface area contributed by atoms with Gasteiger partial charge in [0.2, 0.25) is 0 Å². The molecule has 2 aromatic rings. The minimum absolute atomic E-state index is 0.335. The molecular formula is C22H22ClN3O3. The van der Waals surface area contributed by atoms with Crippen LogP contribution in [0.4, 0.5) is 5.69 Å². The molecule has 1 saturated heterocycles. The van der Waals surface area contributed by atoms with E-state index in [4.69, 9.17) is 16.3 Å². The quantitative estimate of drug-likeness (QED) is 0.724. The van der Waals surface area contributed by atoms with Crippen LogP contribution in [0.5, 0.6) is 5.75 Å². The third-order valence-electron chi connectivity index (χ3n) is 5.35. The number of benzene rings is 2. The first kappa shape index (κ1) is 19.5. The van der Waals surface area contributed by atoms with Gasteiger partial charge in [0.1, 0.15) is 11.4 Å². The summed E-state index contributed by atoms with van der Waals surface area (Å²) in [5, 5.41) is 0.364. The van der Waals surface area contributed by atoms with Crippen LogP contribution in [0.1, 0.15) is 5.56 Å². The molecule has 2 heterocycles. The molecule has 1 fully saturated rings. The zero-order chi connectivity index (χ0) is 20.5. The van der Waals surface area contributed by atoms with Crippen LogP contribution in [-0.2, 0) is 9.59 Å². The second kappa shape index (κ2) is 7.89. The Balaban J connectivity index is 1.81. The van der Waals surface area contributed by atoms with Crippen molar-refractivity contribution in [1.82, 2.24) is 9.80 Å². The molecule has 6 nitrogen and oxygen atoms in total. The van der Waals surface area contributed by atoms with Gasteiger partial charge in [0.05, 0.1) is 23.4 Å². The SMILES string of the molecule is COc1ccc(C2=C(N3CCN(C)CC3)C(=O)N(c3ccccc3Cl)C2=O)cc1. The molecule has 0 bridgehead atoms. The molecule has 7 heteroatoms. The monoisotopic (exact) mass is 411 g/mol. The Morgan fingerprint density at radius 3 is 2.17 bits per heavy atom. The standard InChI is InChI=1S/C22H22ClN3O3/c1-24-11-13-25(14-12-24)20-19(15-7-9-16(29-2)10-8-15)21(27)26(22(20)28)18-6-4-3-5-17(18)23/h3-10H,11-14H2,1-2H3. The van der Waals surface area contributed by atoms with Crippen LogP contribution >= 0.6 is 11.6 Å². The van der Waals surface area contributed by atoms with E-state index in [1.54, 1.807) is 43.5 Å². The summed E-state index contributed by atoms with van der Waals surface area (Å²) in [4.78, 5) is 32.3. The molecule has 0 aromatic heterocycles. The van der Waals surface area contributed by atoms with E-state index in [0.29, 0.717) is 46.4 Å². The molecule has 29 heavy (non-hydrogen) atoms. The van der Waals surface area contributed by atoms with Crippen LogP contribution in [0.15, 0.2) is 54.2 Å². The number of ether oxygens (including phenoxy) is 1. The zero-order valence-electron chi connectivity index (χ0n) is 16.4. The smallest absolute Gasteiger partial charge is 0.282 e. The highest BCUT2D eigenvalue weighted by Gasteiger charge is 2.43. The van der Waals surface area contributed by atoms with Crippen molar-refractivity contribution in [3.8, 4) is 5.75 Å². The molecule has 0 saturated carbocycles. The third kappa shape index (κ3) is 3.50. The Morgan fingerprint density at radius 1 is 0.897 bits per heavy atom. The lowest BCUT2D eigenvalue weighted by Gasteiger charge is -2.34. The average Bonchev–Trinajstić information content (AvgIpc) is 2.99. The molecule has 2 aliphatic heterocycles. The topological polar surface area (TPSA) is 53.1 Å². The highest BCUT2D eigenvalue weighted by Crippen LogP contribution is 2.38. The average molecular weight is 412 g/mol. The maximum atomic E-state index is 13.5. The number of halogens is 1. The summed E-state index contributed by atoms with van der Waals surface area (Å²) >= 11 is 6.32. The van der Waals surface area contributed by atoms with E-state index in [-0.39, 0.29) is 11.8 Å². The number of hydrogen-bond donors (Lipinski definition) is 0. The van der Waals surface area contributed by atoms with Crippen molar-refractivity contribution >= 4 is 34.7 Å². The Hall–Kier alpha value is -2.83. The van der Waals surface area contributed by atoms with E-state index >= 15 is 0 Å². The van der Waals surface area contributed by atoms with Gasteiger partial charge in [0, 0.05) is 26.2 Å². The number of likely N-dealkylation sites (N-methyl/N-ethyl adjacent to an activating group) is 1. The maximum Gasteiger partial charge on any atom is 0.282 e. The van der Waals surface area contributed by atoms with Gasteiger partial charge in [-0.3, -0.25) is 9.59 Å². The molecule has 2 aliphatic rings. The lowest BCUT2D eigenvalue weighted by atomic mass is 10.0. The summed E-state index contributed by atoms with van der Waals surface area (Å²) < 4.78 is 5.23. The van der Waals surface area contributed by atoms with Gasteiger partial charge in [-0.2, -0.15) is 0 Å². The number of amides is 2. The van der Waals surface area contributed by atoms with E-state index in [2.05, 4.69) is 4.90 Å². The van der Waals surface area contributed by atoms with Crippen molar-refractivity contribution in [3.05, 3.63) is 64.8 Å². The molecule has 0 spiro atoms. The lowest BCUT2D eigenvalue weighted by molar-refractivity contribution is -0.120. The second-order valence-electron chi connectivity index (χ2n) is 7.14. The highest BCUT2D eigenvalue weighted by atomic mass is 35.5. The fraction of sp³-hybridized carbons (Fsp3) is 0.273. The fourth-order valence-electron chi connectivity index (χ4n) is 3.71. The van der Waals surface area contributed by atoms with Gasteiger partial charge >= 0.3 is 0 Å². The number of rotatable bonds is 4. The second-order valence-corrected chi connectivity index (χ2v) is 7.55. The van der Waals surface area contributed by atoms with Crippen molar-refractivity contribution in [2.75, 3.05) is 45.2 Å². The number of methoxy groups -OCH3 is 1. The first-order valence-corrected chi connectivity index (χ1v) is 9.84. The van der Waals surface area contributed by atoms with Crippen molar-refractivity contribution < 1.29 is 14.3 Å². The van der Waals surface area contributed by atoms with Crippen molar-refractivity contribution in [2.24, 2.45) is 0 Å². The molecular weight excluding hydrogens is 390 g/mol. The number of para-hydroxylation sites is 1. The fourth-order valence-corrected chi connectivity index (χ4v) is 3.93. The number of carbonyl (C=O) groups is 2. The molecule has 0 N–H and O–H groups in total. The van der Waals surface area contributed by atoms with Crippen LogP contribution in [0, 0.1) is 0 Å². The Morgan fingerprint density at radius 2 is 1.55 bits per heavy atom. The Labute approximate surface area is 174 Å². The van der Waals surface area contributed by atoms with Gasteiger partial charge in [-0.05, 0) is 36.9 Å². The molecule has 0 atom stereocenters. The number of hydrogen-bond acceptors (Lipinski definition) is 5. The number of carbonyl (C=O) groups excluding carboxylic acids is 2. The van der Waals surface area contributed by atoms with Gasteiger partial charge < -0.3 is 14.5 Å². The van der Waals surface area contributed by atoms with Crippen LogP contribution in [0.2, 0.25) is 5.02 Å². The van der Waals surface area contributed by atoms with Gasteiger partial charge in [0.25, 0.3) is 11.8 Å². The predicted molar refractivity (Wildman–Crippen MR) is 113 cm³/mol. The first-order chi connectivity index (χ1) is 14.0. The molecule has 0 unspecified atom stereocenters. The largest absolute Gasteiger partial charge is 0.497 e. The summed E-state index contributed by atoms with van der Waals surface area (Å²) in [6.45, 7) is 3.02. The predicted octanol–water partition coefficient (Wildman–Crippen LogP) is 2.88. The summed E-state index contributed by atoms with van der Waals surface area (Å²) in [7, 11) is 3.64.